The molecule has 92 valence electrons. The van der Waals surface area contributed by atoms with Crippen molar-refractivity contribution >= 4 is 44.7 Å². The van der Waals surface area contributed by atoms with Crippen LogP contribution in [0.4, 0.5) is 5.69 Å². The Bertz CT molecular complexity index is 437. The number of hydrogen-bond acceptors (Lipinski definition) is 3. The summed E-state index contributed by atoms with van der Waals surface area (Å²) in [4.78, 5) is 11.7. The lowest BCUT2D eigenvalue weighted by Crippen LogP contribution is -2.21. The molecule has 0 fully saturated rings. The highest BCUT2D eigenvalue weighted by Gasteiger charge is 2.09. The second-order valence-electron chi connectivity index (χ2n) is 3.24. The van der Waals surface area contributed by atoms with Crippen LogP contribution in [-0.4, -0.2) is 24.1 Å². The minimum absolute atomic E-state index is 0.0172. The highest BCUT2D eigenvalue weighted by Crippen LogP contribution is 2.21. The number of carbonyl (C=O) groups is 1. The second kappa shape index (κ2) is 6.68. The van der Waals surface area contributed by atoms with Gasteiger partial charge in [0.05, 0.1) is 5.69 Å². The summed E-state index contributed by atoms with van der Waals surface area (Å²) in [6, 6.07) is 5.30. The van der Waals surface area contributed by atoms with Crippen molar-refractivity contribution in [1.29, 1.82) is 0 Å². The number of nitrogens with two attached hydrogens (primary N) is 1. The fourth-order valence-corrected chi connectivity index (χ4v) is 1.74. The van der Waals surface area contributed by atoms with Crippen LogP contribution in [0.25, 0.3) is 0 Å². The maximum absolute atomic E-state index is 11.5. The highest BCUT2D eigenvalue weighted by atomic mass is 79.9. The number of amides is 1. The number of rotatable bonds is 5. The Morgan fingerprint density at radius 1 is 1.59 bits per heavy atom. The molecular weight excluding hydrogens is 304 g/mol. The van der Waals surface area contributed by atoms with Crippen molar-refractivity contribution in [3.05, 3.63) is 28.2 Å². The first-order valence-corrected chi connectivity index (χ1v) is 6.21. The Balaban J connectivity index is 2.83. The zero-order valence-electron chi connectivity index (χ0n) is 9.33. The lowest BCUT2D eigenvalue weighted by Gasteiger charge is -2.10. The van der Waals surface area contributed by atoms with Crippen molar-refractivity contribution in [2.75, 3.05) is 18.5 Å². The molecule has 0 saturated carbocycles. The largest absolute Gasteiger partial charge is 0.389 e. The molecule has 0 bridgehead atoms. The van der Waals surface area contributed by atoms with E-state index in [9.17, 15) is 4.79 Å². The highest BCUT2D eigenvalue weighted by molar-refractivity contribution is 9.10. The third-order valence-corrected chi connectivity index (χ3v) is 2.67. The van der Waals surface area contributed by atoms with E-state index in [0.717, 1.165) is 4.47 Å². The molecule has 0 spiro atoms. The van der Waals surface area contributed by atoms with Crippen molar-refractivity contribution in [2.45, 2.75) is 6.92 Å². The van der Waals surface area contributed by atoms with Gasteiger partial charge >= 0.3 is 0 Å². The Labute approximate surface area is 114 Å². The quantitative estimate of drug-likeness (QED) is 0.816. The van der Waals surface area contributed by atoms with Gasteiger partial charge in [-0.15, -0.1) is 0 Å². The molecule has 0 aliphatic rings. The van der Waals surface area contributed by atoms with Gasteiger partial charge in [0.2, 0.25) is 5.91 Å². The van der Waals surface area contributed by atoms with Gasteiger partial charge < -0.3 is 15.8 Å². The predicted octanol–water partition coefficient (Wildman–Crippen LogP) is 2.06. The van der Waals surface area contributed by atoms with Crippen molar-refractivity contribution in [3.63, 3.8) is 0 Å². The average Bonchev–Trinajstić information content (AvgIpc) is 2.28. The van der Waals surface area contributed by atoms with Crippen LogP contribution >= 0.6 is 28.1 Å². The molecule has 0 heterocycles. The average molecular weight is 317 g/mol. The Morgan fingerprint density at radius 3 is 2.88 bits per heavy atom. The molecule has 4 nitrogen and oxygen atoms in total. The van der Waals surface area contributed by atoms with Crippen LogP contribution in [0, 0.1) is 0 Å². The lowest BCUT2D eigenvalue weighted by molar-refractivity contribution is -0.120. The molecular formula is C11H13BrN2O2S. The maximum atomic E-state index is 11.5. The molecule has 3 N–H and O–H groups in total. The molecule has 6 heteroatoms. The van der Waals surface area contributed by atoms with Gasteiger partial charge in [-0.25, -0.2) is 0 Å². The molecule has 0 radical (unpaired) electrons. The van der Waals surface area contributed by atoms with Gasteiger partial charge in [-0.3, -0.25) is 4.79 Å². The smallest absolute Gasteiger partial charge is 0.250 e. The van der Waals surface area contributed by atoms with Gasteiger partial charge in [0.25, 0.3) is 0 Å². The molecule has 0 atom stereocenters. The minimum Gasteiger partial charge on any atom is -0.389 e. The van der Waals surface area contributed by atoms with Gasteiger partial charge in [0.1, 0.15) is 11.6 Å². The van der Waals surface area contributed by atoms with Crippen LogP contribution in [0.2, 0.25) is 0 Å². The zero-order valence-corrected chi connectivity index (χ0v) is 11.7. The van der Waals surface area contributed by atoms with Crippen LogP contribution in [-0.2, 0) is 9.53 Å². The molecule has 0 unspecified atom stereocenters. The van der Waals surface area contributed by atoms with Crippen molar-refractivity contribution in [2.24, 2.45) is 5.73 Å². The Morgan fingerprint density at radius 2 is 2.29 bits per heavy atom. The third kappa shape index (κ3) is 4.41. The summed E-state index contributed by atoms with van der Waals surface area (Å²) in [6.07, 6.45) is 0. The van der Waals surface area contributed by atoms with E-state index in [1.165, 1.54) is 0 Å². The number of anilines is 1. The Kier molecular flexibility index (Phi) is 5.54. The fraction of sp³-hybridized carbons (Fsp3) is 0.273. The standard InChI is InChI=1S/C11H13BrN2O2S/c1-2-16-6-10(15)14-9-4-3-7(12)5-8(9)11(13)17/h3-5H,2,6H2,1H3,(H2,13,17)(H,14,15). The summed E-state index contributed by atoms with van der Waals surface area (Å²) in [5.74, 6) is -0.230. The summed E-state index contributed by atoms with van der Waals surface area (Å²) in [6.45, 7) is 2.34. The first-order valence-electron chi connectivity index (χ1n) is 5.01. The van der Waals surface area contributed by atoms with Gasteiger partial charge in [-0.05, 0) is 25.1 Å². The number of thiocarbonyl (C=S) groups is 1. The summed E-state index contributed by atoms with van der Waals surface area (Å²) < 4.78 is 5.86. The van der Waals surface area contributed by atoms with E-state index in [4.69, 9.17) is 22.7 Å². The van der Waals surface area contributed by atoms with Gasteiger partial charge in [0, 0.05) is 16.6 Å². The summed E-state index contributed by atoms with van der Waals surface area (Å²) in [5.41, 5.74) is 6.80. The lowest BCUT2D eigenvalue weighted by atomic mass is 10.2. The number of benzene rings is 1. The van der Waals surface area contributed by atoms with Crippen LogP contribution in [0.3, 0.4) is 0 Å². The SMILES string of the molecule is CCOCC(=O)Nc1ccc(Br)cc1C(N)=S. The number of nitrogens with one attached hydrogen (secondary N) is 1. The molecule has 1 aromatic carbocycles. The molecule has 0 aromatic heterocycles. The molecule has 0 aliphatic carbocycles. The van der Waals surface area contributed by atoms with E-state index in [2.05, 4.69) is 21.2 Å². The molecule has 0 aliphatic heterocycles. The molecule has 1 amide bonds. The molecule has 17 heavy (non-hydrogen) atoms. The third-order valence-electron chi connectivity index (χ3n) is 1.96. The first-order chi connectivity index (χ1) is 8.04. The van der Waals surface area contributed by atoms with Gasteiger partial charge in [0.15, 0.2) is 0 Å². The number of hydrogen-bond donors (Lipinski definition) is 2. The van der Waals surface area contributed by atoms with Crippen molar-refractivity contribution in [1.82, 2.24) is 0 Å². The zero-order chi connectivity index (χ0) is 12.8. The topological polar surface area (TPSA) is 64.3 Å². The van der Waals surface area contributed by atoms with Crippen molar-refractivity contribution in [3.8, 4) is 0 Å². The number of carbonyl (C=O) groups excluding carboxylic acids is 1. The maximum Gasteiger partial charge on any atom is 0.250 e. The van der Waals surface area contributed by atoms with E-state index >= 15 is 0 Å². The fourth-order valence-electron chi connectivity index (χ4n) is 1.21. The summed E-state index contributed by atoms with van der Waals surface area (Å²) in [5, 5.41) is 2.70. The van der Waals surface area contributed by atoms with E-state index < -0.39 is 0 Å². The predicted molar refractivity (Wildman–Crippen MR) is 75.2 cm³/mol. The van der Waals surface area contributed by atoms with E-state index in [1.54, 1.807) is 18.2 Å². The van der Waals surface area contributed by atoms with E-state index in [1.807, 2.05) is 6.92 Å². The van der Waals surface area contributed by atoms with Gasteiger partial charge in [-0.1, -0.05) is 28.1 Å². The Hall–Kier alpha value is -0.980. The van der Waals surface area contributed by atoms with Crippen LogP contribution in [0.15, 0.2) is 22.7 Å². The molecule has 1 aromatic rings. The molecule has 0 saturated heterocycles. The van der Waals surface area contributed by atoms with Crippen LogP contribution < -0.4 is 11.1 Å². The van der Waals surface area contributed by atoms with Crippen molar-refractivity contribution < 1.29 is 9.53 Å². The second-order valence-corrected chi connectivity index (χ2v) is 4.59. The van der Waals surface area contributed by atoms with Crippen LogP contribution in [0.1, 0.15) is 12.5 Å². The van der Waals surface area contributed by atoms with E-state index in [0.29, 0.717) is 17.9 Å². The minimum atomic E-state index is -0.230. The van der Waals surface area contributed by atoms with Crippen LogP contribution in [0.5, 0.6) is 0 Å². The molecule has 1 rings (SSSR count). The number of ether oxygens (including phenoxy) is 1. The summed E-state index contributed by atoms with van der Waals surface area (Å²) >= 11 is 8.24. The monoisotopic (exact) mass is 316 g/mol. The first kappa shape index (κ1) is 14.1. The van der Waals surface area contributed by atoms with Gasteiger partial charge in [-0.2, -0.15) is 0 Å². The summed E-state index contributed by atoms with van der Waals surface area (Å²) in [7, 11) is 0. The number of halogens is 1. The normalized spacial score (nSPS) is 10.0. The van der Waals surface area contributed by atoms with E-state index in [-0.39, 0.29) is 17.5 Å².